The van der Waals surface area contributed by atoms with Crippen molar-refractivity contribution in [1.29, 1.82) is 0 Å². The highest BCUT2D eigenvalue weighted by Gasteiger charge is 2.18. The van der Waals surface area contributed by atoms with Gasteiger partial charge < -0.3 is 11.1 Å². The smallest absolute Gasteiger partial charge is 0.234 e. The van der Waals surface area contributed by atoms with Gasteiger partial charge in [0.2, 0.25) is 5.91 Å². The zero-order chi connectivity index (χ0) is 13.2. The third kappa shape index (κ3) is 3.44. The van der Waals surface area contributed by atoms with Crippen molar-refractivity contribution >= 4 is 44.7 Å². The number of carbonyl (C=O) groups excluding carboxylic acids is 1. The maximum Gasteiger partial charge on any atom is 0.234 e. The molecule has 0 radical (unpaired) electrons. The summed E-state index contributed by atoms with van der Waals surface area (Å²) in [6.07, 6.45) is 0. The van der Waals surface area contributed by atoms with Crippen molar-refractivity contribution in [2.45, 2.75) is 6.92 Å². The highest BCUT2D eigenvalue weighted by Crippen LogP contribution is 2.24. The predicted molar refractivity (Wildman–Crippen MR) is 68.6 cm³/mol. The third-order valence-corrected chi connectivity index (χ3v) is 3.05. The lowest BCUT2D eigenvalue weighted by Crippen LogP contribution is -2.31. The molecule has 1 aromatic carbocycles. The van der Waals surface area contributed by atoms with Crippen LogP contribution in [-0.2, 0) is 4.79 Å². The lowest BCUT2D eigenvalue weighted by atomic mass is 10.1. The Kier molecular flexibility index (Phi) is 4.53. The molecule has 0 spiro atoms. The monoisotopic (exact) mass is 322 g/mol. The number of rotatable bonds is 3. The topological polar surface area (TPSA) is 55.1 Å². The maximum atomic E-state index is 13.3. The van der Waals surface area contributed by atoms with E-state index < -0.39 is 23.5 Å². The van der Waals surface area contributed by atoms with Crippen molar-refractivity contribution in [3.8, 4) is 0 Å². The number of benzene rings is 1. The SMILES string of the molecule is CC(C(=O)Nc1cc(Br)c(F)cc1F)C(N)=S. The fraction of sp³-hybridized carbons (Fsp3) is 0.200. The molecule has 3 nitrogen and oxygen atoms in total. The average molecular weight is 323 g/mol. The predicted octanol–water partition coefficient (Wildman–Crippen LogP) is 2.59. The normalized spacial score (nSPS) is 12.0. The summed E-state index contributed by atoms with van der Waals surface area (Å²) >= 11 is 7.54. The van der Waals surface area contributed by atoms with Crippen molar-refractivity contribution < 1.29 is 13.6 Å². The van der Waals surface area contributed by atoms with E-state index in [1.165, 1.54) is 6.92 Å². The van der Waals surface area contributed by atoms with E-state index in [1.54, 1.807) is 0 Å². The number of thiocarbonyl (C=S) groups is 1. The Hall–Kier alpha value is -1.08. The van der Waals surface area contributed by atoms with Gasteiger partial charge in [-0.05, 0) is 28.9 Å². The Morgan fingerprint density at radius 1 is 1.47 bits per heavy atom. The minimum absolute atomic E-state index is 0.00378. The molecule has 0 saturated heterocycles. The molecule has 0 aliphatic rings. The molecule has 3 N–H and O–H groups in total. The second kappa shape index (κ2) is 5.50. The van der Waals surface area contributed by atoms with Crippen LogP contribution in [0.4, 0.5) is 14.5 Å². The molecule has 0 heterocycles. The Morgan fingerprint density at radius 2 is 2.06 bits per heavy atom. The first kappa shape index (κ1) is 14.0. The largest absolute Gasteiger partial charge is 0.393 e. The average Bonchev–Trinajstić information content (AvgIpc) is 2.24. The van der Waals surface area contributed by atoms with Crippen LogP contribution in [0.15, 0.2) is 16.6 Å². The Bertz CT molecular complexity index is 482. The molecule has 0 aliphatic heterocycles. The zero-order valence-electron chi connectivity index (χ0n) is 8.76. The van der Waals surface area contributed by atoms with Crippen LogP contribution in [0.3, 0.4) is 0 Å². The number of carbonyl (C=O) groups is 1. The van der Waals surface area contributed by atoms with E-state index in [0.29, 0.717) is 6.07 Å². The molecule has 0 bridgehead atoms. The van der Waals surface area contributed by atoms with Crippen LogP contribution in [0.25, 0.3) is 0 Å². The molecule has 92 valence electrons. The summed E-state index contributed by atoms with van der Waals surface area (Å²) in [6, 6.07) is 1.81. The molecule has 1 rings (SSSR count). The van der Waals surface area contributed by atoms with Crippen LogP contribution in [-0.4, -0.2) is 10.9 Å². The van der Waals surface area contributed by atoms with E-state index >= 15 is 0 Å². The molecule has 0 aromatic heterocycles. The lowest BCUT2D eigenvalue weighted by Gasteiger charge is -2.11. The first-order valence-electron chi connectivity index (χ1n) is 4.57. The van der Waals surface area contributed by atoms with E-state index in [1.807, 2.05) is 0 Å². The molecule has 0 fully saturated rings. The quantitative estimate of drug-likeness (QED) is 0.664. The van der Waals surface area contributed by atoms with Crippen molar-refractivity contribution in [2.24, 2.45) is 11.7 Å². The van der Waals surface area contributed by atoms with Gasteiger partial charge in [0.1, 0.15) is 11.6 Å². The van der Waals surface area contributed by atoms with Crippen molar-refractivity contribution in [1.82, 2.24) is 0 Å². The molecular formula is C10H9BrF2N2OS. The number of nitrogens with two attached hydrogens (primary N) is 1. The number of hydrogen-bond acceptors (Lipinski definition) is 2. The number of halogens is 3. The van der Waals surface area contributed by atoms with Gasteiger partial charge in [-0.25, -0.2) is 8.78 Å². The molecule has 1 aromatic rings. The second-order valence-electron chi connectivity index (χ2n) is 3.36. The van der Waals surface area contributed by atoms with Gasteiger partial charge in [-0.3, -0.25) is 4.79 Å². The van der Waals surface area contributed by atoms with Gasteiger partial charge in [0.15, 0.2) is 0 Å². The molecule has 1 amide bonds. The van der Waals surface area contributed by atoms with Gasteiger partial charge in [0.25, 0.3) is 0 Å². The summed E-state index contributed by atoms with van der Waals surface area (Å²) in [6.45, 7) is 1.49. The summed E-state index contributed by atoms with van der Waals surface area (Å²) in [5.41, 5.74) is 5.16. The lowest BCUT2D eigenvalue weighted by molar-refractivity contribution is -0.117. The fourth-order valence-electron chi connectivity index (χ4n) is 0.989. The summed E-state index contributed by atoms with van der Waals surface area (Å²) < 4.78 is 26.3. The molecule has 7 heteroatoms. The maximum absolute atomic E-state index is 13.3. The van der Waals surface area contributed by atoms with E-state index in [0.717, 1.165) is 6.07 Å². The first-order chi connectivity index (χ1) is 7.82. The molecule has 0 aliphatic carbocycles. The van der Waals surface area contributed by atoms with Crippen LogP contribution in [0.5, 0.6) is 0 Å². The number of anilines is 1. The third-order valence-electron chi connectivity index (χ3n) is 2.09. The van der Waals surface area contributed by atoms with Gasteiger partial charge in [-0.1, -0.05) is 12.2 Å². The fourth-order valence-corrected chi connectivity index (χ4v) is 1.44. The minimum atomic E-state index is -0.866. The summed E-state index contributed by atoms with van der Waals surface area (Å²) in [5.74, 6) is -2.89. The van der Waals surface area contributed by atoms with E-state index in [2.05, 4.69) is 33.5 Å². The van der Waals surface area contributed by atoms with Crippen LogP contribution in [0.1, 0.15) is 6.92 Å². The van der Waals surface area contributed by atoms with Crippen LogP contribution >= 0.6 is 28.1 Å². The first-order valence-corrected chi connectivity index (χ1v) is 5.77. The molecule has 1 unspecified atom stereocenters. The van der Waals surface area contributed by atoms with Crippen molar-refractivity contribution in [3.63, 3.8) is 0 Å². The molecule has 1 atom stereocenters. The summed E-state index contributed by atoms with van der Waals surface area (Å²) in [7, 11) is 0. The number of hydrogen-bond donors (Lipinski definition) is 2. The van der Waals surface area contributed by atoms with Gasteiger partial charge >= 0.3 is 0 Å². The highest BCUT2D eigenvalue weighted by molar-refractivity contribution is 9.10. The van der Waals surface area contributed by atoms with Crippen molar-refractivity contribution in [3.05, 3.63) is 28.2 Å². The van der Waals surface area contributed by atoms with Gasteiger partial charge in [-0.2, -0.15) is 0 Å². The molecular weight excluding hydrogens is 314 g/mol. The van der Waals surface area contributed by atoms with Gasteiger partial charge in [-0.15, -0.1) is 0 Å². The number of amides is 1. The molecule has 17 heavy (non-hydrogen) atoms. The van der Waals surface area contributed by atoms with Gasteiger partial charge in [0.05, 0.1) is 21.1 Å². The van der Waals surface area contributed by atoms with Crippen molar-refractivity contribution in [2.75, 3.05) is 5.32 Å². The van der Waals surface area contributed by atoms with Crippen LogP contribution in [0.2, 0.25) is 0 Å². The minimum Gasteiger partial charge on any atom is -0.393 e. The van der Waals surface area contributed by atoms with Crippen LogP contribution < -0.4 is 11.1 Å². The van der Waals surface area contributed by atoms with E-state index in [-0.39, 0.29) is 15.1 Å². The second-order valence-corrected chi connectivity index (χ2v) is 4.69. The standard InChI is InChI=1S/C10H9BrF2N2OS/c1-4(9(14)17)10(16)15-8-2-5(11)6(12)3-7(8)13/h2-4H,1H3,(H2,14,17)(H,15,16). The Morgan fingerprint density at radius 3 is 2.59 bits per heavy atom. The van der Waals surface area contributed by atoms with Crippen LogP contribution in [0, 0.1) is 17.6 Å². The van der Waals surface area contributed by atoms with Gasteiger partial charge in [0, 0.05) is 6.07 Å². The summed E-state index contributed by atoms with van der Waals surface area (Å²) in [4.78, 5) is 11.6. The Balaban J connectivity index is 2.93. The number of nitrogens with one attached hydrogen (secondary N) is 1. The summed E-state index contributed by atoms with van der Waals surface area (Å²) in [5, 5.41) is 2.28. The Labute approximate surface area is 110 Å². The highest BCUT2D eigenvalue weighted by atomic mass is 79.9. The van der Waals surface area contributed by atoms with E-state index in [4.69, 9.17) is 5.73 Å². The van der Waals surface area contributed by atoms with E-state index in [9.17, 15) is 13.6 Å². The zero-order valence-corrected chi connectivity index (χ0v) is 11.2. The molecule has 0 saturated carbocycles.